The number of nitrogens with zero attached hydrogens (tertiary/aromatic N) is 4. The highest BCUT2D eigenvalue weighted by Crippen LogP contribution is 2.25. The van der Waals surface area contributed by atoms with E-state index in [4.69, 9.17) is 5.26 Å². The van der Waals surface area contributed by atoms with Gasteiger partial charge in [0.1, 0.15) is 0 Å². The lowest BCUT2D eigenvalue weighted by molar-refractivity contribution is 1.29. The molecule has 20 heavy (non-hydrogen) atoms. The SMILES string of the molecule is Cc1cc(C)c(N=CC2=CCC(C=NC#N)=N2)c(C)c1. The van der Waals surface area contributed by atoms with Crippen molar-refractivity contribution in [3.63, 3.8) is 0 Å². The average molecular weight is 264 g/mol. The first-order valence-electron chi connectivity index (χ1n) is 6.42. The fraction of sp³-hybridized carbons (Fsp3) is 0.250. The van der Waals surface area contributed by atoms with Crippen LogP contribution in [0.1, 0.15) is 23.1 Å². The van der Waals surface area contributed by atoms with Gasteiger partial charge in [-0.25, -0.2) is 0 Å². The zero-order valence-electron chi connectivity index (χ0n) is 11.9. The van der Waals surface area contributed by atoms with Crippen molar-refractivity contribution in [1.29, 1.82) is 5.26 Å². The third-order valence-corrected chi connectivity index (χ3v) is 3.03. The second-order valence-corrected chi connectivity index (χ2v) is 4.80. The molecule has 0 amide bonds. The quantitative estimate of drug-likeness (QED) is 0.607. The predicted molar refractivity (Wildman–Crippen MR) is 83.0 cm³/mol. The summed E-state index contributed by atoms with van der Waals surface area (Å²) in [6.07, 6.45) is 7.63. The molecule has 1 aliphatic heterocycles. The molecule has 4 nitrogen and oxygen atoms in total. The first kappa shape index (κ1) is 13.9. The van der Waals surface area contributed by atoms with E-state index in [-0.39, 0.29) is 0 Å². The number of hydrogen-bond donors (Lipinski definition) is 0. The van der Waals surface area contributed by atoms with Gasteiger partial charge < -0.3 is 0 Å². The van der Waals surface area contributed by atoms with Gasteiger partial charge in [-0.2, -0.15) is 10.3 Å². The molecule has 0 saturated carbocycles. The second-order valence-electron chi connectivity index (χ2n) is 4.80. The van der Waals surface area contributed by atoms with Crippen molar-refractivity contribution in [2.75, 3.05) is 0 Å². The Balaban J connectivity index is 2.18. The van der Waals surface area contributed by atoms with Crippen molar-refractivity contribution in [2.45, 2.75) is 27.2 Å². The van der Waals surface area contributed by atoms with Gasteiger partial charge in [0.2, 0.25) is 6.19 Å². The molecule has 1 aromatic rings. The highest BCUT2D eigenvalue weighted by Gasteiger charge is 2.06. The monoisotopic (exact) mass is 264 g/mol. The van der Waals surface area contributed by atoms with Gasteiger partial charge >= 0.3 is 0 Å². The van der Waals surface area contributed by atoms with E-state index in [9.17, 15) is 0 Å². The number of aliphatic imine (C=N–C) groups is 3. The van der Waals surface area contributed by atoms with E-state index in [1.807, 2.05) is 6.08 Å². The number of allylic oxidation sites excluding steroid dienone is 2. The maximum absolute atomic E-state index is 8.38. The summed E-state index contributed by atoms with van der Waals surface area (Å²) in [6, 6.07) is 4.24. The predicted octanol–water partition coefficient (Wildman–Crippen LogP) is 3.59. The van der Waals surface area contributed by atoms with E-state index in [2.05, 4.69) is 47.9 Å². The highest BCUT2D eigenvalue weighted by atomic mass is 14.8. The molecular weight excluding hydrogens is 248 g/mol. The Morgan fingerprint density at radius 2 is 1.90 bits per heavy atom. The lowest BCUT2D eigenvalue weighted by atomic mass is 10.1. The summed E-state index contributed by atoms with van der Waals surface area (Å²) >= 11 is 0. The number of nitriles is 1. The third-order valence-electron chi connectivity index (χ3n) is 3.03. The van der Waals surface area contributed by atoms with Gasteiger partial charge in [0, 0.05) is 6.42 Å². The largest absolute Gasteiger partial charge is 0.254 e. The molecule has 0 spiro atoms. The third kappa shape index (κ3) is 3.27. The molecule has 4 heteroatoms. The lowest BCUT2D eigenvalue weighted by Gasteiger charge is -2.06. The molecule has 2 rings (SSSR count). The Hall–Kier alpha value is -2.54. The van der Waals surface area contributed by atoms with Gasteiger partial charge in [-0.1, -0.05) is 23.8 Å². The molecule has 0 fully saturated rings. The molecule has 0 aromatic heterocycles. The van der Waals surface area contributed by atoms with Gasteiger partial charge in [0.15, 0.2) is 0 Å². The van der Waals surface area contributed by atoms with Crippen molar-refractivity contribution in [1.82, 2.24) is 0 Å². The fourth-order valence-corrected chi connectivity index (χ4v) is 2.24. The lowest BCUT2D eigenvalue weighted by Crippen LogP contribution is -1.93. The molecule has 0 N–H and O–H groups in total. The van der Waals surface area contributed by atoms with Crippen LogP contribution < -0.4 is 0 Å². The van der Waals surface area contributed by atoms with Crippen LogP contribution in [0.2, 0.25) is 0 Å². The standard InChI is InChI=1S/C16H16N4/c1-11-6-12(2)16(13(3)7-11)19-9-15-5-4-14(20-15)8-18-10-17/h5-9H,4H2,1-3H3. The molecular formula is C16H16N4. The molecule has 0 saturated heterocycles. The van der Waals surface area contributed by atoms with E-state index in [0.717, 1.165) is 28.2 Å². The molecule has 1 heterocycles. The molecule has 0 radical (unpaired) electrons. The van der Waals surface area contributed by atoms with E-state index >= 15 is 0 Å². The topological polar surface area (TPSA) is 60.9 Å². The van der Waals surface area contributed by atoms with Gasteiger partial charge in [0.25, 0.3) is 0 Å². The summed E-state index contributed by atoms with van der Waals surface area (Å²) in [5.74, 6) is 0. The van der Waals surface area contributed by atoms with Crippen LogP contribution >= 0.6 is 0 Å². The zero-order valence-corrected chi connectivity index (χ0v) is 11.9. The van der Waals surface area contributed by atoms with E-state index in [1.165, 1.54) is 11.8 Å². The van der Waals surface area contributed by atoms with Crippen molar-refractivity contribution in [2.24, 2.45) is 15.0 Å². The maximum Gasteiger partial charge on any atom is 0.205 e. The average Bonchev–Trinajstić information content (AvgIpc) is 2.83. The van der Waals surface area contributed by atoms with Gasteiger partial charge in [-0.3, -0.25) is 9.98 Å². The van der Waals surface area contributed by atoms with E-state index < -0.39 is 0 Å². The molecule has 1 aliphatic rings. The van der Waals surface area contributed by atoms with Crippen LogP contribution in [0, 0.1) is 32.2 Å². The molecule has 1 aromatic carbocycles. The van der Waals surface area contributed by atoms with Crippen LogP contribution in [0.4, 0.5) is 5.69 Å². The van der Waals surface area contributed by atoms with E-state index in [0.29, 0.717) is 6.42 Å². The van der Waals surface area contributed by atoms with Crippen LogP contribution in [0.15, 0.2) is 38.9 Å². The Labute approximate surface area is 118 Å². The highest BCUT2D eigenvalue weighted by molar-refractivity contribution is 6.32. The van der Waals surface area contributed by atoms with Crippen LogP contribution in [-0.2, 0) is 0 Å². The van der Waals surface area contributed by atoms with Crippen molar-refractivity contribution in [3.05, 3.63) is 40.6 Å². The molecule has 0 unspecified atom stereocenters. The summed E-state index contributed by atoms with van der Waals surface area (Å²) in [6.45, 7) is 6.20. The molecule has 0 atom stereocenters. The minimum atomic E-state index is 0.693. The number of hydrogen-bond acceptors (Lipinski definition) is 4. The Morgan fingerprint density at radius 1 is 1.20 bits per heavy atom. The Bertz CT molecular complexity index is 662. The normalized spacial score (nSPS) is 14.7. The minimum Gasteiger partial charge on any atom is -0.254 e. The van der Waals surface area contributed by atoms with Crippen LogP contribution in [0.3, 0.4) is 0 Å². The van der Waals surface area contributed by atoms with Crippen molar-refractivity contribution >= 4 is 23.8 Å². The summed E-state index contributed by atoms with van der Waals surface area (Å²) in [4.78, 5) is 12.4. The van der Waals surface area contributed by atoms with E-state index in [1.54, 1.807) is 12.4 Å². The first-order valence-corrected chi connectivity index (χ1v) is 6.42. The first-order chi connectivity index (χ1) is 9.60. The molecule has 0 bridgehead atoms. The van der Waals surface area contributed by atoms with Crippen molar-refractivity contribution < 1.29 is 0 Å². The number of aryl methyl sites for hydroxylation is 3. The van der Waals surface area contributed by atoms with Crippen molar-refractivity contribution in [3.8, 4) is 6.19 Å². The maximum atomic E-state index is 8.38. The van der Waals surface area contributed by atoms with Gasteiger partial charge in [0.05, 0.1) is 29.5 Å². The molecule has 0 aliphatic carbocycles. The number of rotatable bonds is 3. The second kappa shape index (κ2) is 6.07. The minimum absolute atomic E-state index is 0.693. The van der Waals surface area contributed by atoms with Crippen LogP contribution in [-0.4, -0.2) is 18.1 Å². The smallest absolute Gasteiger partial charge is 0.205 e. The summed E-state index contributed by atoms with van der Waals surface area (Å²) in [5.41, 5.74) is 6.15. The molecule has 100 valence electrons. The summed E-state index contributed by atoms with van der Waals surface area (Å²) in [5, 5.41) is 8.38. The van der Waals surface area contributed by atoms with Gasteiger partial charge in [-0.05, 0) is 31.9 Å². The summed E-state index contributed by atoms with van der Waals surface area (Å²) in [7, 11) is 0. The Kier molecular flexibility index (Phi) is 4.21. The fourth-order valence-electron chi connectivity index (χ4n) is 2.24. The van der Waals surface area contributed by atoms with Crippen LogP contribution in [0.25, 0.3) is 0 Å². The van der Waals surface area contributed by atoms with Crippen LogP contribution in [0.5, 0.6) is 0 Å². The Morgan fingerprint density at radius 3 is 2.55 bits per heavy atom. The number of benzene rings is 1. The zero-order chi connectivity index (χ0) is 14.5. The van der Waals surface area contributed by atoms with Gasteiger partial charge in [-0.15, -0.1) is 0 Å². The summed E-state index contributed by atoms with van der Waals surface area (Å²) < 4.78 is 0.